The summed E-state index contributed by atoms with van der Waals surface area (Å²) in [5.41, 5.74) is 0. The van der Waals surface area contributed by atoms with E-state index in [9.17, 15) is 13.2 Å². The third-order valence-electron chi connectivity index (χ3n) is 2.98. The number of anilines is 1. The fraction of sp³-hybridized carbons (Fsp3) is 0.800. The standard InChI is InChI=1S/C10H13ClF3N3S/c11-5-4-7-3-1-2-6-17(7)9-15-8(16-18-9)10(12,13)14/h7H,1-6H2. The summed E-state index contributed by atoms with van der Waals surface area (Å²) in [5, 5.41) is 0.358. The molecular weight excluding hydrogens is 287 g/mol. The number of hydrogen-bond acceptors (Lipinski definition) is 4. The smallest absolute Gasteiger partial charge is 0.344 e. The maximum absolute atomic E-state index is 12.5. The topological polar surface area (TPSA) is 29.0 Å². The number of nitrogens with zero attached hydrogens (tertiary/aromatic N) is 3. The van der Waals surface area contributed by atoms with Gasteiger partial charge in [0.1, 0.15) is 0 Å². The molecule has 1 aromatic heterocycles. The number of hydrogen-bond donors (Lipinski definition) is 0. The highest BCUT2D eigenvalue weighted by Gasteiger charge is 2.37. The van der Waals surface area contributed by atoms with E-state index in [0.29, 0.717) is 11.0 Å². The zero-order chi connectivity index (χ0) is 13.2. The zero-order valence-electron chi connectivity index (χ0n) is 9.58. The molecule has 2 heterocycles. The van der Waals surface area contributed by atoms with E-state index in [1.807, 2.05) is 4.90 Å². The number of rotatable bonds is 3. The summed E-state index contributed by atoms with van der Waals surface area (Å²) < 4.78 is 40.8. The molecule has 18 heavy (non-hydrogen) atoms. The van der Waals surface area contributed by atoms with Crippen LogP contribution >= 0.6 is 23.1 Å². The fourth-order valence-corrected chi connectivity index (χ4v) is 3.16. The highest BCUT2D eigenvalue weighted by molar-refractivity contribution is 7.09. The van der Waals surface area contributed by atoms with Gasteiger partial charge in [-0.1, -0.05) is 0 Å². The van der Waals surface area contributed by atoms with Gasteiger partial charge in [0, 0.05) is 30.0 Å². The maximum Gasteiger partial charge on any atom is 0.452 e. The molecule has 0 aliphatic carbocycles. The molecule has 1 unspecified atom stereocenters. The molecule has 0 spiro atoms. The van der Waals surface area contributed by atoms with Crippen molar-refractivity contribution in [1.29, 1.82) is 0 Å². The van der Waals surface area contributed by atoms with Gasteiger partial charge in [-0.25, -0.2) is 0 Å². The first-order valence-corrected chi connectivity index (χ1v) is 7.06. The lowest BCUT2D eigenvalue weighted by Gasteiger charge is -2.34. The van der Waals surface area contributed by atoms with Gasteiger partial charge >= 0.3 is 6.18 Å². The second-order valence-corrected chi connectivity index (χ2v) is 5.33. The average Bonchev–Trinajstić information content (AvgIpc) is 2.79. The first-order chi connectivity index (χ1) is 8.52. The Hall–Kier alpha value is -0.560. The van der Waals surface area contributed by atoms with Crippen LogP contribution in [0.2, 0.25) is 0 Å². The Morgan fingerprint density at radius 1 is 1.39 bits per heavy atom. The van der Waals surface area contributed by atoms with Crippen molar-refractivity contribution in [2.75, 3.05) is 17.3 Å². The molecule has 0 bridgehead atoms. The second-order valence-electron chi connectivity index (χ2n) is 4.22. The third kappa shape index (κ3) is 3.06. The predicted octanol–water partition coefficient (Wildman–Crippen LogP) is 3.54. The maximum atomic E-state index is 12.5. The quantitative estimate of drug-likeness (QED) is 0.799. The van der Waals surface area contributed by atoms with Gasteiger partial charge in [-0.2, -0.15) is 22.5 Å². The summed E-state index contributed by atoms with van der Waals surface area (Å²) in [7, 11) is 0. The highest BCUT2D eigenvalue weighted by atomic mass is 35.5. The van der Waals surface area contributed by atoms with Crippen molar-refractivity contribution in [2.24, 2.45) is 0 Å². The summed E-state index contributed by atoms with van der Waals surface area (Å²) in [6, 6.07) is 0.185. The molecular formula is C10H13ClF3N3S. The van der Waals surface area contributed by atoms with Crippen LogP contribution in [-0.4, -0.2) is 27.8 Å². The normalized spacial score (nSPS) is 21.3. The minimum absolute atomic E-state index is 0.185. The molecule has 1 aromatic rings. The van der Waals surface area contributed by atoms with Crippen LogP contribution in [0.5, 0.6) is 0 Å². The van der Waals surface area contributed by atoms with Crippen molar-refractivity contribution in [3.8, 4) is 0 Å². The summed E-state index contributed by atoms with van der Waals surface area (Å²) in [5.74, 6) is -0.538. The Labute approximate surface area is 112 Å². The van der Waals surface area contributed by atoms with Crippen molar-refractivity contribution in [2.45, 2.75) is 37.9 Å². The Morgan fingerprint density at radius 2 is 2.17 bits per heavy atom. The molecule has 1 fully saturated rings. The van der Waals surface area contributed by atoms with E-state index >= 15 is 0 Å². The van der Waals surface area contributed by atoms with Crippen LogP contribution in [0.4, 0.5) is 18.3 Å². The van der Waals surface area contributed by atoms with Crippen LogP contribution in [0.15, 0.2) is 0 Å². The lowest BCUT2D eigenvalue weighted by Crippen LogP contribution is -2.39. The largest absolute Gasteiger partial charge is 0.452 e. The van der Waals surface area contributed by atoms with Crippen molar-refractivity contribution in [3.05, 3.63) is 5.82 Å². The SMILES string of the molecule is FC(F)(F)c1nsc(N2CCCCC2CCCl)n1. The Balaban J connectivity index is 2.15. The molecule has 0 N–H and O–H groups in total. The molecule has 102 valence electrons. The zero-order valence-corrected chi connectivity index (χ0v) is 11.2. The minimum atomic E-state index is -4.47. The van der Waals surface area contributed by atoms with Gasteiger partial charge in [-0.05, 0) is 25.7 Å². The first-order valence-electron chi connectivity index (χ1n) is 5.76. The van der Waals surface area contributed by atoms with Crippen LogP contribution in [0.25, 0.3) is 0 Å². The van der Waals surface area contributed by atoms with Gasteiger partial charge in [-0.3, -0.25) is 0 Å². The van der Waals surface area contributed by atoms with Crippen molar-refractivity contribution >= 4 is 28.3 Å². The minimum Gasteiger partial charge on any atom is -0.344 e. The molecule has 0 amide bonds. The highest BCUT2D eigenvalue weighted by Crippen LogP contribution is 2.33. The van der Waals surface area contributed by atoms with E-state index in [-0.39, 0.29) is 6.04 Å². The first kappa shape index (κ1) is 13.9. The van der Waals surface area contributed by atoms with Gasteiger partial charge in [0.15, 0.2) is 0 Å². The van der Waals surface area contributed by atoms with Crippen molar-refractivity contribution in [1.82, 2.24) is 9.36 Å². The lowest BCUT2D eigenvalue weighted by atomic mass is 10.0. The molecule has 0 saturated carbocycles. The van der Waals surface area contributed by atoms with Crippen LogP contribution in [0.3, 0.4) is 0 Å². The number of aromatic nitrogens is 2. The predicted molar refractivity (Wildman–Crippen MR) is 65.2 cm³/mol. The fourth-order valence-electron chi connectivity index (χ4n) is 2.13. The molecule has 1 saturated heterocycles. The Bertz CT molecular complexity index is 394. The third-order valence-corrected chi connectivity index (χ3v) is 3.96. The van der Waals surface area contributed by atoms with Crippen LogP contribution < -0.4 is 4.90 Å². The van der Waals surface area contributed by atoms with Crippen LogP contribution in [0.1, 0.15) is 31.5 Å². The van der Waals surface area contributed by atoms with E-state index in [4.69, 9.17) is 11.6 Å². The summed E-state index contributed by atoms with van der Waals surface area (Å²) >= 11 is 6.54. The Morgan fingerprint density at radius 3 is 2.78 bits per heavy atom. The summed E-state index contributed by atoms with van der Waals surface area (Å²) in [6.07, 6.45) is -0.689. The number of halogens is 4. The monoisotopic (exact) mass is 299 g/mol. The molecule has 0 aromatic carbocycles. The average molecular weight is 300 g/mol. The van der Waals surface area contributed by atoms with Crippen molar-refractivity contribution in [3.63, 3.8) is 0 Å². The molecule has 1 aliphatic heterocycles. The Kier molecular flexibility index (Phi) is 4.32. The van der Waals surface area contributed by atoms with Gasteiger partial charge in [-0.15, -0.1) is 11.6 Å². The van der Waals surface area contributed by atoms with E-state index in [2.05, 4.69) is 9.36 Å². The summed E-state index contributed by atoms with van der Waals surface area (Å²) in [4.78, 5) is 5.52. The molecule has 3 nitrogen and oxygen atoms in total. The van der Waals surface area contributed by atoms with E-state index in [1.165, 1.54) is 0 Å². The summed E-state index contributed by atoms with van der Waals surface area (Å²) in [6.45, 7) is 0.730. The van der Waals surface area contributed by atoms with E-state index < -0.39 is 12.0 Å². The van der Waals surface area contributed by atoms with Gasteiger partial charge in [0.05, 0.1) is 0 Å². The molecule has 0 radical (unpaired) electrons. The van der Waals surface area contributed by atoms with Crippen LogP contribution in [0, 0.1) is 0 Å². The van der Waals surface area contributed by atoms with Gasteiger partial charge in [0.25, 0.3) is 0 Å². The molecule has 1 aliphatic rings. The van der Waals surface area contributed by atoms with E-state index in [0.717, 1.165) is 43.8 Å². The van der Waals surface area contributed by atoms with Gasteiger partial charge in [0.2, 0.25) is 11.0 Å². The van der Waals surface area contributed by atoms with E-state index in [1.54, 1.807) is 0 Å². The van der Waals surface area contributed by atoms with Crippen molar-refractivity contribution < 1.29 is 13.2 Å². The molecule has 1 atom stereocenters. The number of piperidine rings is 1. The number of alkyl halides is 4. The molecule has 8 heteroatoms. The van der Waals surface area contributed by atoms with Gasteiger partial charge < -0.3 is 4.90 Å². The lowest BCUT2D eigenvalue weighted by molar-refractivity contribution is -0.144. The second kappa shape index (κ2) is 5.61. The molecule has 2 rings (SSSR count). The van der Waals surface area contributed by atoms with Crippen LogP contribution in [-0.2, 0) is 6.18 Å².